The third kappa shape index (κ3) is 3.61. The lowest BCUT2D eigenvalue weighted by Gasteiger charge is -2.25. The molecule has 19 heavy (non-hydrogen) atoms. The molecular weight excluding hydrogens is 262 g/mol. The molecule has 0 aliphatic heterocycles. The minimum Gasteiger partial charge on any atom is -0.380 e. The molecule has 0 spiro atoms. The van der Waals surface area contributed by atoms with Crippen molar-refractivity contribution in [2.24, 2.45) is 11.5 Å². The Kier molecular flexibility index (Phi) is 4.66. The third-order valence-corrected chi connectivity index (χ3v) is 3.89. The minimum atomic E-state index is -0.457. The van der Waals surface area contributed by atoms with E-state index in [1.54, 1.807) is 18.2 Å². The first kappa shape index (κ1) is 14.2. The summed E-state index contributed by atoms with van der Waals surface area (Å²) >= 11 is 5.98. The first-order valence-electron chi connectivity index (χ1n) is 6.69. The van der Waals surface area contributed by atoms with Crippen molar-refractivity contribution in [3.63, 3.8) is 0 Å². The van der Waals surface area contributed by atoms with Crippen molar-refractivity contribution in [3.05, 3.63) is 28.8 Å². The molecule has 1 aliphatic carbocycles. The van der Waals surface area contributed by atoms with E-state index in [-0.39, 0.29) is 12.1 Å². The van der Waals surface area contributed by atoms with Crippen LogP contribution < -0.4 is 16.8 Å². The van der Waals surface area contributed by atoms with Crippen LogP contribution in [0.4, 0.5) is 5.69 Å². The fraction of sp³-hybridized carbons (Fsp3) is 0.500. The van der Waals surface area contributed by atoms with Gasteiger partial charge in [-0.15, -0.1) is 0 Å². The molecule has 0 aromatic heterocycles. The minimum absolute atomic E-state index is 0.0993. The summed E-state index contributed by atoms with van der Waals surface area (Å²) in [5.41, 5.74) is 12.7. The van der Waals surface area contributed by atoms with Gasteiger partial charge in [0.2, 0.25) is 0 Å². The molecule has 5 N–H and O–H groups in total. The van der Waals surface area contributed by atoms with E-state index in [1.807, 2.05) is 0 Å². The Morgan fingerprint density at radius 3 is 2.74 bits per heavy atom. The number of benzene rings is 1. The Hall–Kier alpha value is -1.26. The van der Waals surface area contributed by atoms with Gasteiger partial charge in [-0.05, 0) is 31.0 Å². The summed E-state index contributed by atoms with van der Waals surface area (Å²) < 4.78 is 0. The highest BCUT2D eigenvalue weighted by molar-refractivity contribution is 6.31. The van der Waals surface area contributed by atoms with E-state index in [0.29, 0.717) is 16.3 Å². The van der Waals surface area contributed by atoms with E-state index in [4.69, 9.17) is 23.1 Å². The second-order valence-electron chi connectivity index (χ2n) is 5.11. The van der Waals surface area contributed by atoms with Gasteiger partial charge in [0.15, 0.2) is 0 Å². The largest absolute Gasteiger partial charge is 0.380 e. The number of nitrogens with one attached hydrogen (secondary N) is 1. The molecule has 1 aromatic rings. The maximum Gasteiger partial charge on any atom is 0.250 e. The second kappa shape index (κ2) is 6.26. The first-order valence-corrected chi connectivity index (χ1v) is 7.07. The third-order valence-electron chi connectivity index (χ3n) is 3.66. The van der Waals surface area contributed by atoms with Crippen LogP contribution in [0.15, 0.2) is 18.2 Å². The van der Waals surface area contributed by atoms with Gasteiger partial charge in [-0.25, -0.2) is 0 Å². The molecule has 2 rings (SSSR count). The number of hydrogen-bond donors (Lipinski definition) is 3. The molecule has 5 heteroatoms. The van der Waals surface area contributed by atoms with Crippen LogP contribution in [0.1, 0.15) is 42.5 Å². The molecule has 0 bridgehead atoms. The molecule has 2 atom stereocenters. The number of rotatable bonds is 3. The smallest absolute Gasteiger partial charge is 0.250 e. The highest BCUT2D eigenvalue weighted by Gasteiger charge is 2.21. The monoisotopic (exact) mass is 281 g/mol. The van der Waals surface area contributed by atoms with Crippen LogP contribution in [0.5, 0.6) is 0 Å². The molecule has 2 unspecified atom stereocenters. The van der Waals surface area contributed by atoms with E-state index < -0.39 is 5.91 Å². The van der Waals surface area contributed by atoms with Gasteiger partial charge in [0.1, 0.15) is 0 Å². The Bertz CT molecular complexity index is 464. The zero-order valence-electron chi connectivity index (χ0n) is 10.9. The van der Waals surface area contributed by atoms with Crippen molar-refractivity contribution in [3.8, 4) is 0 Å². The number of carbonyl (C=O) groups excluding carboxylic acids is 1. The van der Waals surface area contributed by atoms with Crippen LogP contribution in [0.2, 0.25) is 5.02 Å². The number of hydrogen-bond acceptors (Lipinski definition) is 3. The van der Waals surface area contributed by atoms with E-state index in [0.717, 1.165) is 25.7 Å². The Morgan fingerprint density at radius 2 is 2.00 bits per heavy atom. The Labute approximate surface area is 118 Å². The van der Waals surface area contributed by atoms with Gasteiger partial charge < -0.3 is 16.8 Å². The quantitative estimate of drug-likeness (QED) is 0.745. The maximum absolute atomic E-state index is 11.4. The average Bonchev–Trinajstić information content (AvgIpc) is 2.55. The van der Waals surface area contributed by atoms with Gasteiger partial charge in [0, 0.05) is 22.8 Å². The van der Waals surface area contributed by atoms with Crippen molar-refractivity contribution in [2.75, 3.05) is 5.32 Å². The van der Waals surface area contributed by atoms with Gasteiger partial charge in [0.05, 0.1) is 5.56 Å². The summed E-state index contributed by atoms with van der Waals surface area (Å²) in [5, 5.41) is 3.93. The lowest BCUT2D eigenvalue weighted by Crippen LogP contribution is -2.39. The van der Waals surface area contributed by atoms with Crippen LogP contribution in [0.25, 0.3) is 0 Å². The summed E-state index contributed by atoms with van der Waals surface area (Å²) in [5.74, 6) is -0.457. The number of carbonyl (C=O) groups is 1. The van der Waals surface area contributed by atoms with Crippen LogP contribution in [0.3, 0.4) is 0 Å². The normalized spacial score (nSPS) is 23.7. The number of anilines is 1. The zero-order chi connectivity index (χ0) is 13.8. The summed E-state index contributed by atoms with van der Waals surface area (Å²) in [6.45, 7) is 0. The van der Waals surface area contributed by atoms with Crippen LogP contribution in [-0.2, 0) is 0 Å². The molecule has 0 radical (unpaired) electrons. The number of primary amides is 1. The average molecular weight is 282 g/mol. The summed E-state index contributed by atoms with van der Waals surface area (Å²) in [6.07, 6.45) is 5.54. The summed E-state index contributed by atoms with van der Waals surface area (Å²) in [6, 6.07) is 5.32. The summed E-state index contributed by atoms with van der Waals surface area (Å²) in [4.78, 5) is 11.4. The second-order valence-corrected chi connectivity index (χ2v) is 5.54. The highest BCUT2D eigenvalue weighted by atomic mass is 35.5. The molecule has 1 aliphatic rings. The standard InChI is InChI=1S/C14H20ClN3O/c15-9-6-7-10(14(17)19)13(8-9)18-12-5-3-1-2-4-11(12)16/h6-8,11-12,18H,1-5,16H2,(H2,17,19). The first-order chi connectivity index (χ1) is 9.08. The van der Waals surface area contributed by atoms with Gasteiger partial charge in [0.25, 0.3) is 5.91 Å². The Morgan fingerprint density at radius 1 is 1.26 bits per heavy atom. The molecule has 1 amide bonds. The van der Waals surface area contributed by atoms with Crippen molar-refractivity contribution in [2.45, 2.75) is 44.2 Å². The SMILES string of the molecule is NC(=O)c1ccc(Cl)cc1NC1CCCCCC1N. The fourth-order valence-electron chi connectivity index (χ4n) is 2.57. The lowest BCUT2D eigenvalue weighted by atomic mass is 10.0. The van der Waals surface area contributed by atoms with Crippen molar-refractivity contribution in [1.82, 2.24) is 0 Å². The lowest BCUT2D eigenvalue weighted by molar-refractivity contribution is 0.100. The number of amides is 1. The molecule has 1 fully saturated rings. The van der Waals surface area contributed by atoms with E-state index >= 15 is 0 Å². The van der Waals surface area contributed by atoms with Crippen molar-refractivity contribution >= 4 is 23.2 Å². The Balaban J connectivity index is 2.21. The van der Waals surface area contributed by atoms with Crippen molar-refractivity contribution < 1.29 is 4.79 Å². The summed E-state index contributed by atoms with van der Waals surface area (Å²) in [7, 11) is 0. The predicted octanol–water partition coefficient (Wildman–Crippen LogP) is 2.51. The molecule has 0 heterocycles. The van der Waals surface area contributed by atoms with Gasteiger partial charge in [-0.2, -0.15) is 0 Å². The van der Waals surface area contributed by atoms with Gasteiger partial charge in [-0.3, -0.25) is 4.79 Å². The number of nitrogens with two attached hydrogens (primary N) is 2. The molecule has 1 saturated carbocycles. The fourth-order valence-corrected chi connectivity index (χ4v) is 2.74. The van der Waals surface area contributed by atoms with Crippen LogP contribution in [0, 0.1) is 0 Å². The molecule has 0 saturated heterocycles. The molecule has 4 nitrogen and oxygen atoms in total. The van der Waals surface area contributed by atoms with Crippen LogP contribution >= 0.6 is 11.6 Å². The maximum atomic E-state index is 11.4. The molecule has 104 valence electrons. The van der Waals surface area contributed by atoms with Gasteiger partial charge in [-0.1, -0.05) is 30.9 Å². The predicted molar refractivity (Wildman–Crippen MR) is 78.4 cm³/mol. The van der Waals surface area contributed by atoms with E-state index in [1.165, 1.54) is 6.42 Å². The zero-order valence-corrected chi connectivity index (χ0v) is 11.6. The van der Waals surface area contributed by atoms with Crippen molar-refractivity contribution in [1.29, 1.82) is 0 Å². The van der Waals surface area contributed by atoms with E-state index in [9.17, 15) is 4.79 Å². The molecule has 1 aromatic carbocycles. The number of halogens is 1. The molecular formula is C14H20ClN3O. The van der Waals surface area contributed by atoms with Crippen LogP contribution in [-0.4, -0.2) is 18.0 Å². The van der Waals surface area contributed by atoms with E-state index in [2.05, 4.69) is 5.32 Å². The topological polar surface area (TPSA) is 81.1 Å². The highest BCUT2D eigenvalue weighted by Crippen LogP contribution is 2.25. The van der Waals surface area contributed by atoms with Gasteiger partial charge >= 0.3 is 0 Å².